The minimum atomic E-state index is -0.321. The molecule has 0 unspecified atom stereocenters. The van der Waals surface area contributed by atoms with Crippen LogP contribution in [0.4, 0.5) is 9.18 Å². The number of hydrogen-bond donors (Lipinski definition) is 0. The van der Waals surface area contributed by atoms with Crippen molar-refractivity contribution in [1.82, 2.24) is 4.90 Å². The van der Waals surface area contributed by atoms with Crippen LogP contribution in [0.2, 0.25) is 0 Å². The Morgan fingerprint density at radius 2 is 1.93 bits per heavy atom. The van der Waals surface area contributed by atoms with Gasteiger partial charge in [0, 0.05) is 6.04 Å². The zero-order valence-electron chi connectivity index (χ0n) is 15.8. The third-order valence-corrected chi connectivity index (χ3v) is 4.99. The van der Waals surface area contributed by atoms with E-state index >= 15 is 0 Å². The second-order valence-electron chi connectivity index (χ2n) is 6.47. The topological polar surface area (TPSA) is 55.8 Å². The van der Waals surface area contributed by atoms with Gasteiger partial charge in [-0.1, -0.05) is 18.2 Å². The fraction of sp³-hybridized carbons (Fsp3) is 0.238. The minimum absolute atomic E-state index is 0.188. The summed E-state index contributed by atoms with van der Waals surface area (Å²) in [5, 5.41) is -0.270. The summed E-state index contributed by atoms with van der Waals surface area (Å²) in [7, 11) is 1.51. The predicted molar refractivity (Wildman–Crippen MR) is 107 cm³/mol. The number of amides is 2. The van der Waals surface area contributed by atoms with Gasteiger partial charge in [-0.25, -0.2) is 4.39 Å². The molecule has 0 spiro atoms. The highest BCUT2D eigenvalue weighted by Gasteiger charge is 2.36. The van der Waals surface area contributed by atoms with Crippen LogP contribution in [0.3, 0.4) is 0 Å². The van der Waals surface area contributed by atoms with Gasteiger partial charge < -0.3 is 9.47 Å². The van der Waals surface area contributed by atoms with Crippen molar-refractivity contribution < 1.29 is 23.5 Å². The van der Waals surface area contributed by atoms with Crippen LogP contribution in [0.5, 0.6) is 11.5 Å². The predicted octanol–water partition coefficient (Wildman–Crippen LogP) is 4.86. The van der Waals surface area contributed by atoms with Crippen LogP contribution in [0.15, 0.2) is 47.4 Å². The number of rotatable bonds is 6. The molecule has 3 rings (SSSR count). The van der Waals surface area contributed by atoms with E-state index in [2.05, 4.69) is 0 Å². The summed E-state index contributed by atoms with van der Waals surface area (Å²) < 4.78 is 24.4. The Labute approximate surface area is 167 Å². The molecule has 1 heterocycles. The lowest BCUT2D eigenvalue weighted by Crippen LogP contribution is -2.34. The Hall–Kier alpha value is -2.80. The largest absolute Gasteiger partial charge is 0.493 e. The normalized spacial score (nSPS) is 15.6. The number of imide groups is 1. The Kier molecular flexibility index (Phi) is 6.04. The Bertz CT molecular complexity index is 942. The molecule has 5 nitrogen and oxygen atoms in total. The van der Waals surface area contributed by atoms with E-state index in [9.17, 15) is 14.0 Å². The van der Waals surface area contributed by atoms with Gasteiger partial charge in [-0.2, -0.15) is 0 Å². The van der Waals surface area contributed by atoms with E-state index in [1.807, 2.05) is 0 Å². The van der Waals surface area contributed by atoms with Gasteiger partial charge in [0.1, 0.15) is 12.4 Å². The number of benzene rings is 2. The lowest BCUT2D eigenvalue weighted by atomic mass is 10.1. The highest BCUT2D eigenvalue weighted by atomic mass is 32.2. The summed E-state index contributed by atoms with van der Waals surface area (Å²) in [5.74, 6) is 0.363. The van der Waals surface area contributed by atoms with E-state index in [1.165, 1.54) is 24.1 Å². The Balaban J connectivity index is 1.78. The van der Waals surface area contributed by atoms with Crippen molar-refractivity contribution in [2.24, 2.45) is 0 Å². The number of ether oxygens (including phenoxy) is 2. The maximum atomic E-state index is 13.3. The molecule has 1 aliphatic heterocycles. The first-order valence-electron chi connectivity index (χ1n) is 8.71. The van der Waals surface area contributed by atoms with E-state index in [1.54, 1.807) is 50.3 Å². The van der Waals surface area contributed by atoms with Crippen LogP contribution >= 0.6 is 11.8 Å². The van der Waals surface area contributed by atoms with Gasteiger partial charge in [-0.15, -0.1) is 0 Å². The fourth-order valence-corrected chi connectivity index (χ4v) is 3.72. The molecular formula is C21H20FNO4S. The summed E-state index contributed by atoms with van der Waals surface area (Å²) in [4.78, 5) is 26.0. The number of carbonyl (C=O) groups excluding carboxylic acids is 2. The zero-order valence-corrected chi connectivity index (χ0v) is 16.6. The molecule has 2 amide bonds. The summed E-state index contributed by atoms with van der Waals surface area (Å²) >= 11 is 0.922. The third-order valence-electron chi connectivity index (χ3n) is 4.11. The summed E-state index contributed by atoms with van der Waals surface area (Å²) in [6.45, 7) is 3.79. The van der Waals surface area contributed by atoms with Gasteiger partial charge in [0.2, 0.25) is 0 Å². The Morgan fingerprint density at radius 1 is 1.14 bits per heavy atom. The van der Waals surface area contributed by atoms with Gasteiger partial charge in [0.05, 0.1) is 12.0 Å². The Morgan fingerprint density at radius 3 is 2.57 bits per heavy atom. The fourth-order valence-electron chi connectivity index (χ4n) is 2.76. The average molecular weight is 401 g/mol. The van der Waals surface area contributed by atoms with Crippen LogP contribution in [0.1, 0.15) is 25.0 Å². The molecule has 0 N–H and O–H groups in total. The zero-order chi connectivity index (χ0) is 20.3. The molecule has 7 heteroatoms. The van der Waals surface area contributed by atoms with E-state index in [0.717, 1.165) is 11.8 Å². The number of thioether (sulfide) groups is 1. The third kappa shape index (κ3) is 4.36. The van der Waals surface area contributed by atoms with Crippen LogP contribution < -0.4 is 9.47 Å². The molecule has 0 atom stereocenters. The van der Waals surface area contributed by atoms with Crippen molar-refractivity contribution in [3.8, 4) is 11.5 Å². The number of halogens is 1. The van der Waals surface area contributed by atoms with E-state index in [0.29, 0.717) is 27.5 Å². The quantitative estimate of drug-likeness (QED) is 0.647. The van der Waals surface area contributed by atoms with Gasteiger partial charge in [-0.3, -0.25) is 14.5 Å². The van der Waals surface area contributed by atoms with Gasteiger partial charge in [0.15, 0.2) is 11.5 Å². The lowest BCUT2D eigenvalue weighted by Gasteiger charge is -2.16. The first-order valence-corrected chi connectivity index (χ1v) is 9.53. The van der Waals surface area contributed by atoms with Gasteiger partial charge in [-0.05, 0) is 67.1 Å². The maximum absolute atomic E-state index is 13.3. The van der Waals surface area contributed by atoms with Gasteiger partial charge in [0.25, 0.3) is 11.1 Å². The average Bonchev–Trinajstić information content (AvgIpc) is 2.94. The standard InChI is InChI=1S/C21H20FNO4S/c1-13(2)23-20(24)19(28-21(23)25)11-14-7-8-17(18(10-14)26-3)27-12-15-5-4-6-16(22)9-15/h4-11,13H,12H2,1-3H3/b19-11-. The van der Waals surface area contributed by atoms with Crippen molar-refractivity contribution in [2.45, 2.75) is 26.5 Å². The van der Waals surface area contributed by atoms with Crippen LogP contribution in [0, 0.1) is 5.82 Å². The molecule has 28 heavy (non-hydrogen) atoms. The summed E-state index contributed by atoms with van der Waals surface area (Å²) in [6, 6.07) is 11.2. The molecule has 146 valence electrons. The van der Waals surface area contributed by atoms with Crippen molar-refractivity contribution in [1.29, 1.82) is 0 Å². The molecule has 2 aromatic rings. The highest BCUT2D eigenvalue weighted by molar-refractivity contribution is 8.18. The molecule has 2 aromatic carbocycles. The SMILES string of the molecule is COc1cc(/C=C2\SC(=O)N(C(C)C)C2=O)ccc1OCc1cccc(F)c1. The molecular weight excluding hydrogens is 381 g/mol. The molecule has 1 aliphatic rings. The second kappa shape index (κ2) is 8.48. The molecule has 0 aliphatic carbocycles. The lowest BCUT2D eigenvalue weighted by molar-refractivity contribution is -0.123. The molecule has 0 aromatic heterocycles. The molecule has 1 saturated heterocycles. The molecule has 0 saturated carbocycles. The van der Waals surface area contributed by atoms with Crippen molar-refractivity contribution >= 4 is 29.0 Å². The minimum Gasteiger partial charge on any atom is -0.493 e. The van der Waals surface area contributed by atoms with Crippen molar-refractivity contribution in [3.63, 3.8) is 0 Å². The van der Waals surface area contributed by atoms with E-state index in [-0.39, 0.29) is 29.6 Å². The molecule has 0 radical (unpaired) electrons. The maximum Gasteiger partial charge on any atom is 0.293 e. The first kappa shape index (κ1) is 19.9. The summed E-state index contributed by atoms with van der Waals surface area (Å²) in [5.41, 5.74) is 1.41. The second-order valence-corrected chi connectivity index (χ2v) is 7.47. The smallest absolute Gasteiger partial charge is 0.293 e. The number of nitrogens with zero attached hydrogens (tertiary/aromatic N) is 1. The molecule has 0 bridgehead atoms. The highest BCUT2D eigenvalue weighted by Crippen LogP contribution is 2.35. The number of hydrogen-bond acceptors (Lipinski definition) is 5. The van der Waals surface area contributed by atoms with Crippen LogP contribution in [-0.4, -0.2) is 29.2 Å². The number of carbonyl (C=O) groups is 2. The summed E-state index contributed by atoms with van der Waals surface area (Å²) in [6.07, 6.45) is 1.66. The van der Waals surface area contributed by atoms with E-state index < -0.39 is 0 Å². The monoisotopic (exact) mass is 401 g/mol. The number of methoxy groups -OCH3 is 1. The molecule has 1 fully saturated rings. The van der Waals surface area contributed by atoms with Crippen molar-refractivity contribution in [3.05, 3.63) is 64.3 Å². The van der Waals surface area contributed by atoms with Crippen LogP contribution in [-0.2, 0) is 11.4 Å². The van der Waals surface area contributed by atoms with Gasteiger partial charge >= 0.3 is 0 Å². The van der Waals surface area contributed by atoms with Crippen molar-refractivity contribution in [2.75, 3.05) is 7.11 Å². The van der Waals surface area contributed by atoms with E-state index in [4.69, 9.17) is 9.47 Å². The van der Waals surface area contributed by atoms with Crippen LogP contribution in [0.25, 0.3) is 6.08 Å². The first-order chi connectivity index (χ1) is 13.4.